The van der Waals surface area contributed by atoms with Crippen LogP contribution < -0.4 is 0 Å². The molecule has 2 aromatic rings. The lowest BCUT2D eigenvalue weighted by Crippen LogP contribution is -2.24. The fourth-order valence-electron chi connectivity index (χ4n) is 1.91. The van der Waals surface area contributed by atoms with Crippen LogP contribution in [-0.2, 0) is 12.0 Å². The molecule has 1 nitrogen and oxygen atoms in total. The van der Waals surface area contributed by atoms with E-state index in [0.29, 0.717) is 5.56 Å². The lowest BCUT2D eigenvalue weighted by atomic mass is 9.89. The molecule has 0 bridgehead atoms. The summed E-state index contributed by atoms with van der Waals surface area (Å²) in [5.41, 5.74) is 0.272. The standard InChI is InChI=1S/C15H15FO/c1-15(17,13-8-3-2-4-9-13)11-12-7-5-6-10-14(12)16/h2-10,17H,11H2,1H3. The van der Waals surface area contributed by atoms with Crippen molar-refractivity contribution in [3.05, 3.63) is 71.5 Å². The molecule has 0 amide bonds. The van der Waals surface area contributed by atoms with Gasteiger partial charge in [0.15, 0.2) is 0 Å². The van der Waals surface area contributed by atoms with Crippen LogP contribution in [0.25, 0.3) is 0 Å². The summed E-state index contributed by atoms with van der Waals surface area (Å²) in [6, 6.07) is 15.9. The Morgan fingerprint density at radius 2 is 1.59 bits per heavy atom. The molecule has 1 atom stereocenters. The van der Waals surface area contributed by atoms with E-state index in [0.717, 1.165) is 5.56 Å². The first-order valence-electron chi connectivity index (χ1n) is 5.61. The van der Waals surface area contributed by atoms with Gasteiger partial charge < -0.3 is 5.11 Å². The quantitative estimate of drug-likeness (QED) is 0.858. The highest BCUT2D eigenvalue weighted by Gasteiger charge is 2.24. The van der Waals surface area contributed by atoms with Crippen LogP contribution in [0, 0.1) is 5.82 Å². The first-order valence-corrected chi connectivity index (χ1v) is 5.61. The highest BCUT2D eigenvalue weighted by molar-refractivity contribution is 5.26. The summed E-state index contributed by atoms with van der Waals surface area (Å²) in [4.78, 5) is 0. The Morgan fingerprint density at radius 1 is 1.00 bits per heavy atom. The van der Waals surface area contributed by atoms with Crippen molar-refractivity contribution in [2.24, 2.45) is 0 Å². The van der Waals surface area contributed by atoms with Crippen molar-refractivity contribution in [1.29, 1.82) is 0 Å². The van der Waals surface area contributed by atoms with Gasteiger partial charge in [-0.1, -0.05) is 48.5 Å². The summed E-state index contributed by atoms with van der Waals surface area (Å²) in [7, 11) is 0. The molecule has 0 radical (unpaired) electrons. The first kappa shape index (κ1) is 11.8. The van der Waals surface area contributed by atoms with Gasteiger partial charge in [0, 0.05) is 6.42 Å². The van der Waals surface area contributed by atoms with Gasteiger partial charge >= 0.3 is 0 Å². The molecule has 2 aromatic carbocycles. The molecule has 1 unspecified atom stereocenters. The van der Waals surface area contributed by atoms with Crippen molar-refractivity contribution in [2.45, 2.75) is 18.9 Å². The summed E-state index contributed by atoms with van der Waals surface area (Å²) in [6.45, 7) is 1.70. The zero-order valence-corrected chi connectivity index (χ0v) is 9.73. The smallest absolute Gasteiger partial charge is 0.126 e. The van der Waals surface area contributed by atoms with Crippen molar-refractivity contribution in [1.82, 2.24) is 0 Å². The molecule has 2 heteroatoms. The van der Waals surface area contributed by atoms with Crippen LogP contribution in [-0.4, -0.2) is 5.11 Å². The third-order valence-corrected chi connectivity index (χ3v) is 2.89. The maximum atomic E-state index is 13.5. The van der Waals surface area contributed by atoms with Crippen LogP contribution in [0.2, 0.25) is 0 Å². The molecule has 1 N–H and O–H groups in total. The molecule has 0 heterocycles. The highest BCUT2D eigenvalue weighted by Crippen LogP contribution is 2.25. The average molecular weight is 230 g/mol. The van der Waals surface area contributed by atoms with Gasteiger partial charge in [0.25, 0.3) is 0 Å². The molecule has 2 rings (SSSR count). The van der Waals surface area contributed by atoms with E-state index in [-0.39, 0.29) is 12.2 Å². The Morgan fingerprint density at radius 3 is 2.24 bits per heavy atom. The molecule has 0 saturated heterocycles. The molecule has 0 saturated carbocycles. The molecule has 0 fully saturated rings. The van der Waals surface area contributed by atoms with E-state index >= 15 is 0 Å². The third-order valence-electron chi connectivity index (χ3n) is 2.89. The minimum absolute atomic E-state index is 0.268. The minimum Gasteiger partial charge on any atom is -0.385 e. The van der Waals surface area contributed by atoms with Gasteiger partial charge in [-0.3, -0.25) is 0 Å². The second-order valence-electron chi connectivity index (χ2n) is 4.41. The molecule has 0 spiro atoms. The van der Waals surface area contributed by atoms with Crippen LogP contribution in [0.1, 0.15) is 18.1 Å². The van der Waals surface area contributed by atoms with Gasteiger partial charge in [0.1, 0.15) is 5.82 Å². The topological polar surface area (TPSA) is 20.2 Å². The number of hydrogen-bond acceptors (Lipinski definition) is 1. The van der Waals surface area contributed by atoms with Gasteiger partial charge in [-0.25, -0.2) is 4.39 Å². The van der Waals surface area contributed by atoms with Gasteiger partial charge in [-0.15, -0.1) is 0 Å². The molecular weight excluding hydrogens is 215 g/mol. The van der Waals surface area contributed by atoms with Gasteiger partial charge in [-0.2, -0.15) is 0 Å². The number of hydrogen-bond donors (Lipinski definition) is 1. The molecule has 0 aliphatic rings. The van der Waals surface area contributed by atoms with Crippen LogP contribution in [0.4, 0.5) is 4.39 Å². The number of rotatable bonds is 3. The van der Waals surface area contributed by atoms with Crippen LogP contribution in [0.5, 0.6) is 0 Å². The maximum Gasteiger partial charge on any atom is 0.126 e. The van der Waals surface area contributed by atoms with E-state index < -0.39 is 5.60 Å². The van der Waals surface area contributed by atoms with E-state index in [1.807, 2.05) is 30.3 Å². The summed E-state index contributed by atoms with van der Waals surface area (Å²) in [5.74, 6) is -0.274. The summed E-state index contributed by atoms with van der Waals surface area (Å²) in [5, 5.41) is 10.4. The van der Waals surface area contributed by atoms with Gasteiger partial charge in [-0.05, 0) is 24.1 Å². The fourth-order valence-corrected chi connectivity index (χ4v) is 1.91. The van der Waals surface area contributed by atoms with E-state index in [1.54, 1.807) is 25.1 Å². The molecule has 0 aliphatic heterocycles. The lowest BCUT2D eigenvalue weighted by molar-refractivity contribution is 0.0567. The third kappa shape index (κ3) is 2.71. The van der Waals surface area contributed by atoms with Crippen LogP contribution in [0.3, 0.4) is 0 Å². The monoisotopic (exact) mass is 230 g/mol. The normalized spacial score (nSPS) is 14.3. The Balaban J connectivity index is 2.27. The van der Waals surface area contributed by atoms with E-state index in [2.05, 4.69) is 0 Å². The van der Waals surface area contributed by atoms with Gasteiger partial charge in [0.05, 0.1) is 5.60 Å². The SMILES string of the molecule is CC(O)(Cc1ccccc1F)c1ccccc1. The van der Waals surface area contributed by atoms with Crippen molar-refractivity contribution in [3.8, 4) is 0 Å². The molecule has 88 valence electrons. The molecule has 17 heavy (non-hydrogen) atoms. The number of halogens is 1. The summed E-state index contributed by atoms with van der Waals surface area (Å²) in [6.07, 6.45) is 0.268. The highest BCUT2D eigenvalue weighted by atomic mass is 19.1. The van der Waals surface area contributed by atoms with Crippen molar-refractivity contribution in [3.63, 3.8) is 0 Å². The van der Waals surface area contributed by atoms with Crippen LogP contribution in [0.15, 0.2) is 54.6 Å². The Labute approximate surface area is 101 Å². The minimum atomic E-state index is -1.05. The zero-order chi connectivity index (χ0) is 12.3. The van der Waals surface area contributed by atoms with Crippen molar-refractivity contribution < 1.29 is 9.50 Å². The summed E-state index contributed by atoms with van der Waals surface area (Å²) < 4.78 is 13.5. The largest absolute Gasteiger partial charge is 0.385 e. The summed E-state index contributed by atoms with van der Waals surface area (Å²) >= 11 is 0. The average Bonchev–Trinajstić information content (AvgIpc) is 2.33. The van der Waals surface area contributed by atoms with Crippen molar-refractivity contribution >= 4 is 0 Å². The fraction of sp³-hybridized carbons (Fsp3) is 0.200. The second kappa shape index (κ2) is 4.68. The van der Waals surface area contributed by atoms with E-state index in [4.69, 9.17) is 0 Å². The Hall–Kier alpha value is -1.67. The predicted molar refractivity (Wildman–Crippen MR) is 66.1 cm³/mol. The van der Waals surface area contributed by atoms with Crippen molar-refractivity contribution in [2.75, 3.05) is 0 Å². The molecular formula is C15H15FO. The number of aliphatic hydroxyl groups is 1. The zero-order valence-electron chi connectivity index (χ0n) is 9.73. The van der Waals surface area contributed by atoms with E-state index in [1.165, 1.54) is 6.07 Å². The van der Waals surface area contributed by atoms with Crippen LogP contribution >= 0.6 is 0 Å². The second-order valence-corrected chi connectivity index (χ2v) is 4.41. The predicted octanol–water partition coefficient (Wildman–Crippen LogP) is 3.28. The maximum absolute atomic E-state index is 13.5. The van der Waals surface area contributed by atoms with Gasteiger partial charge in [0.2, 0.25) is 0 Å². The van der Waals surface area contributed by atoms with E-state index in [9.17, 15) is 9.50 Å². The molecule has 0 aliphatic carbocycles. The molecule has 0 aromatic heterocycles. The lowest BCUT2D eigenvalue weighted by Gasteiger charge is -2.24. The Bertz CT molecular complexity index is 491. The first-order chi connectivity index (χ1) is 8.09. The Kier molecular flexibility index (Phi) is 3.25. The number of benzene rings is 2.